The molecule has 4 nitrogen and oxygen atoms in total. The molecule has 0 aliphatic rings. The number of nitrogens with zero attached hydrogens (tertiary/aromatic N) is 2. The van der Waals surface area contributed by atoms with Crippen molar-refractivity contribution in [3.05, 3.63) is 29.0 Å². The second-order valence-corrected chi connectivity index (χ2v) is 2.74. The second-order valence-electron chi connectivity index (χ2n) is 2.30. The fraction of sp³-hybridized carbons (Fsp3) is 0.125. The van der Waals surface area contributed by atoms with Gasteiger partial charge >= 0.3 is 5.97 Å². The highest BCUT2D eigenvalue weighted by atomic mass is 35.5. The first-order chi connectivity index (χ1) is 6.15. The monoisotopic (exact) mass is 196 g/mol. The Balaban J connectivity index is 3.01. The maximum absolute atomic E-state index is 10.5. The molecular formula is C8H5ClN2O2. The van der Waals surface area contributed by atoms with E-state index in [9.17, 15) is 4.79 Å². The number of carbonyl (C=O) groups is 1. The van der Waals surface area contributed by atoms with Crippen LogP contribution in [0, 0.1) is 11.3 Å². The van der Waals surface area contributed by atoms with Gasteiger partial charge in [-0.2, -0.15) is 5.26 Å². The lowest BCUT2D eigenvalue weighted by molar-refractivity contribution is -0.137. The van der Waals surface area contributed by atoms with Gasteiger partial charge in [0.25, 0.3) is 0 Å². The first kappa shape index (κ1) is 9.49. The molecule has 0 saturated heterocycles. The summed E-state index contributed by atoms with van der Waals surface area (Å²) in [7, 11) is 0. The zero-order valence-electron chi connectivity index (χ0n) is 6.44. The highest BCUT2D eigenvalue weighted by Crippen LogP contribution is 2.14. The van der Waals surface area contributed by atoms with Crippen molar-refractivity contribution in [2.24, 2.45) is 0 Å². The van der Waals surface area contributed by atoms with Crippen LogP contribution in [0.2, 0.25) is 5.02 Å². The molecule has 0 bridgehead atoms. The Bertz CT molecular complexity index is 355. The van der Waals surface area contributed by atoms with Crippen molar-refractivity contribution >= 4 is 17.6 Å². The zero-order chi connectivity index (χ0) is 9.84. The average molecular weight is 197 g/mol. The number of hydrogen-bond donors (Lipinski definition) is 1. The van der Waals surface area contributed by atoms with Crippen molar-refractivity contribution in [1.82, 2.24) is 4.98 Å². The van der Waals surface area contributed by atoms with Crippen molar-refractivity contribution in [3.8, 4) is 6.07 Å². The van der Waals surface area contributed by atoms with Gasteiger partial charge < -0.3 is 5.11 Å². The number of carboxylic acid groups (broad SMARTS) is 1. The third kappa shape index (κ3) is 2.17. The topological polar surface area (TPSA) is 74.0 Å². The standard InChI is InChI=1S/C8H5ClN2O2/c9-5-1-2-7(11-4-5)6(3-10)8(12)13/h1-2,4,6H,(H,12,13)/t6-/m1/s1. The highest BCUT2D eigenvalue weighted by molar-refractivity contribution is 6.30. The normalized spacial score (nSPS) is 11.7. The molecule has 0 amide bonds. The maximum Gasteiger partial charge on any atom is 0.327 e. The number of carboxylic acids is 1. The number of halogens is 1. The molecule has 0 radical (unpaired) electrons. The van der Waals surface area contributed by atoms with Gasteiger partial charge in [-0.15, -0.1) is 0 Å². The zero-order valence-corrected chi connectivity index (χ0v) is 7.19. The molecule has 0 unspecified atom stereocenters. The summed E-state index contributed by atoms with van der Waals surface area (Å²) >= 11 is 5.55. The Morgan fingerprint density at radius 3 is 2.77 bits per heavy atom. The molecule has 13 heavy (non-hydrogen) atoms. The Morgan fingerprint density at radius 2 is 2.38 bits per heavy atom. The van der Waals surface area contributed by atoms with Gasteiger partial charge in [-0.1, -0.05) is 11.6 Å². The molecule has 0 saturated carbocycles. The molecule has 0 aliphatic heterocycles. The van der Waals surface area contributed by atoms with Crippen LogP contribution in [0.1, 0.15) is 11.6 Å². The number of aliphatic carboxylic acids is 1. The first-order valence-corrected chi connectivity index (χ1v) is 3.77. The third-order valence-electron chi connectivity index (χ3n) is 1.42. The fourth-order valence-electron chi connectivity index (χ4n) is 0.806. The van der Waals surface area contributed by atoms with Crippen LogP contribution in [-0.4, -0.2) is 16.1 Å². The van der Waals surface area contributed by atoms with Gasteiger partial charge in [0.2, 0.25) is 0 Å². The van der Waals surface area contributed by atoms with E-state index in [-0.39, 0.29) is 5.69 Å². The van der Waals surface area contributed by atoms with E-state index in [0.717, 1.165) is 0 Å². The summed E-state index contributed by atoms with van der Waals surface area (Å²) in [6.45, 7) is 0. The van der Waals surface area contributed by atoms with Crippen molar-refractivity contribution in [2.45, 2.75) is 5.92 Å². The predicted molar refractivity (Wildman–Crippen MR) is 45.2 cm³/mol. The van der Waals surface area contributed by atoms with E-state index in [1.54, 1.807) is 6.07 Å². The highest BCUT2D eigenvalue weighted by Gasteiger charge is 2.19. The smallest absolute Gasteiger partial charge is 0.327 e. The van der Waals surface area contributed by atoms with E-state index in [2.05, 4.69) is 4.98 Å². The van der Waals surface area contributed by atoms with E-state index in [1.165, 1.54) is 18.3 Å². The summed E-state index contributed by atoms with van der Waals surface area (Å²) < 4.78 is 0. The number of nitriles is 1. The quantitative estimate of drug-likeness (QED) is 0.777. The Kier molecular flexibility index (Phi) is 2.83. The van der Waals surface area contributed by atoms with Crippen LogP contribution in [-0.2, 0) is 4.79 Å². The van der Waals surface area contributed by atoms with E-state index in [4.69, 9.17) is 22.0 Å². The lowest BCUT2D eigenvalue weighted by Gasteiger charge is -2.01. The Morgan fingerprint density at radius 1 is 1.69 bits per heavy atom. The van der Waals surface area contributed by atoms with E-state index < -0.39 is 11.9 Å². The summed E-state index contributed by atoms with van der Waals surface area (Å²) in [5.41, 5.74) is 0.194. The van der Waals surface area contributed by atoms with Crippen molar-refractivity contribution in [2.75, 3.05) is 0 Å². The summed E-state index contributed by atoms with van der Waals surface area (Å²) in [6.07, 6.45) is 1.31. The molecule has 1 heterocycles. The van der Waals surface area contributed by atoms with Crippen LogP contribution in [0.3, 0.4) is 0 Å². The van der Waals surface area contributed by atoms with Crippen LogP contribution >= 0.6 is 11.6 Å². The van der Waals surface area contributed by atoms with Gasteiger partial charge in [-0.3, -0.25) is 9.78 Å². The minimum absolute atomic E-state index is 0.194. The Labute approximate surface area is 79.4 Å². The average Bonchev–Trinajstić information content (AvgIpc) is 2.09. The molecule has 66 valence electrons. The molecular weight excluding hydrogens is 192 g/mol. The number of aromatic nitrogens is 1. The summed E-state index contributed by atoms with van der Waals surface area (Å²) in [5.74, 6) is -2.44. The van der Waals surface area contributed by atoms with Crippen LogP contribution in [0.5, 0.6) is 0 Å². The first-order valence-electron chi connectivity index (χ1n) is 3.39. The minimum atomic E-state index is -1.22. The lowest BCUT2D eigenvalue weighted by Crippen LogP contribution is -2.10. The molecule has 1 aromatic heterocycles. The molecule has 1 rings (SSSR count). The number of pyridine rings is 1. The molecule has 0 aromatic carbocycles. The molecule has 0 fully saturated rings. The molecule has 5 heteroatoms. The summed E-state index contributed by atoms with van der Waals surface area (Å²) in [5, 5.41) is 17.5. The molecule has 1 atom stereocenters. The number of rotatable bonds is 2. The van der Waals surface area contributed by atoms with Crippen LogP contribution in [0.25, 0.3) is 0 Å². The van der Waals surface area contributed by atoms with Gasteiger partial charge in [0.05, 0.1) is 16.8 Å². The maximum atomic E-state index is 10.5. The molecule has 0 aliphatic carbocycles. The minimum Gasteiger partial charge on any atom is -0.480 e. The van der Waals surface area contributed by atoms with Crippen molar-refractivity contribution in [1.29, 1.82) is 5.26 Å². The van der Waals surface area contributed by atoms with Gasteiger partial charge in [0.15, 0.2) is 5.92 Å². The predicted octanol–water partition coefficient (Wildman–Crippen LogP) is 1.43. The van der Waals surface area contributed by atoms with Crippen LogP contribution in [0.4, 0.5) is 0 Å². The molecule has 0 spiro atoms. The van der Waals surface area contributed by atoms with E-state index >= 15 is 0 Å². The van der Waals surface area contributed by atoms with E-state index in [0.29, 0.717) is 5.02 Å². The van der Waals surface area contributed by atoms with Gasteiger partial charge in [-0.05, 0) is 12.1 Å². The molecule has 1 N–H and O–H groups in total. The summed E-state index contributed by atoms with van der Waals surface area (Å²) in [4.78, 5) is 14.3. The summed E-state index contributed by atoms with van der Waals surface area (Å²) in [6, 6.07) is 4.55. The SMILES string of the molecule is N#C[C@@H](C(=O)O)c1ccc(Cl)cn1. The Hall–Kier alpha value is -1.60. The van der Waals surface area contributed by atoms with E-state index in [1.807, 2.05) is 0 Å². The molecule has 1 aromatic rings. The third-order valence-corrected chi connectivity index (χ3v) is 1.65. The second kappa shape index (κ2) is 3.87. The van der Waals surface area contributed by atoms with Gasteiger partial charge in [0.1, 0.15) is 0 Å². The van der Waals surface area contributed by atoms with Crippen LogP contribution < -0.4 is 0 Å². The van der Waals surface area contributed by atoms with Crippen LogP contribution in [0.15, 0.2) is 18.3 Å². The lowest BCUT2D eigenvalue weighted by atomic mass is 10.1. The van der Waals surface area contributed by atoms with Gasteiger partial charge in [-0.25, -0.2) is 0 Å². The fourth-order valence-corrected chi connectivity index (χ4v) is 0.918. The number of hydrogen-bond acceptors (Lipinski definition) is 3. The largest absolute Gasteiger partial charge is 0.480 e. The van der Waals surface area contributed by atoms with Crippen molar-refractivity contribution < 1.29 is 9.90 Å². The van der Waals surface area contributed by atoms with Crippen molar-refractivity contribution in [3.63, 3.8) is 0 Å². The van der Waals surface area contributed by atoms with Gasteiger partial charge in [0, 0.05) is 6.20 Å².